The Hall–Kier alpha value is -8.26. The van der Waals surface area contributed by atoms with Crippen LogP contribution < -0.4 is 72.1 Å². The molecule has 30 nitrogen and oxygen atoms in total. The lowest BCUT2D eigenvalue weighted by Gasteiger charge is -2.42. The first-order valence-corrected chi connectivity index (χ1v) is 44.6. The Morgan fingerprint density at radius 2 is 1.03 bits per heavy atom. The fraction of sp³-hybridized carbons (Fsp3) is 0.314. The highest BCUT2D eigenvalue weighted by Gasteiger charge is 2.30. The quantitative estimate of drug-likeness (QED) is 0.0254. The molecular formula is C70H85Cl3N17O13P3S2. The molecule has 108 heavy (non-hydrogen) atoms. The number of hydrogen-bond acceptors (Lipinski definition) is 26. The van der Waals surface area contributed by atoms with Crippen LogP contribution in [0, 0.1) is 0 Å². The van der Waals surface area contributed by atoms with Crippen LogP contribution >= 0.6 is 56.7 Å². The Morgan fingerprint density at radius 3 is 1.57 bits per heavy atom. The van der Waals surface area contributed by atoms with Crippen molar-refractivity contribution >= 4 is 162 Å². The molecule has 0 aliphatic carbocycles. The maximum Gasteiger partial charge on any atom is 0.356 e. The number of ether oxygens (including phenoxy) is 4. The molecular weight excluding hydrogens is 1550 g/mol. The molecule has 0 unspecified atom stereocenters. The SMILES string of the molecule is COc1cc(N2CCC(N3CCN(C)CC3)CC2)ccc1Nc1ncc(Cl)c(NCc2ccccc2P(=O)(O)O)n1.COc1cc(P(C)(C)=O)ccc1Nc1ncc(Cl)c(Nc2ccccc2S(N)(=O)=O)n1.COc1cc(S(=O)(=O)N2CCOCC2)ccc1Nc1ncc(Cl)c(Nc2ccccc2P(C)(C)=O)n1. The van der Waals surface area contributed by atoms with Gasteiger partial charge < -0.3 is 79.6 Å². The lowest BCUT2D eigenvalue weighted by atomic mass is 10.0. The number of para-hydroxylation sites is 2. The second kappa shape index (κ2) is 36.1. The van der Waals surface area contributed by atoms with Crippen molar-refractivity contribution < 1.29 is 59.3 Å². The number of halogens is 3. The Bertz CT molecular complexity index is 5070. The molecule has 12 rings (SSSR count). The standard InChI is InChI=1S/C28H37ClN7O4P.C23H27ClN5O5PS.C19H21ClN5O4PS/c1-34-13-15-36(16-14-34)21-9-11-35(12-10-21)22-7-8-24(25(17-22)40-2)32-28-31-19-23(29)27(33-28)30-18-20-5-3-4-6-26(20)41(37,38)39;1-33-20-14-16(36(31,32)29-10-12-34-13-11-29)8-9-18(20)27-23-25-15-17(24)22(28-23)26-19-6-4-5-7-21(19)35(2,3)30;1-29-16-10-12(30(2,3)26)8-9-14(16)24-19-22-11-13(20)18(25-19)23-15-6-4-5-7-17(15)31(21,27)28/h3-8,17,19,21H,9-16,18H2,1-2H3,(H2,37,38,39)(H2,30,31,32,33);4-9,14-15H,10-13H2,1-3H3,(H2,25,26,27,28);4-11H,1-3H3,(H2,21,27,28)(H2,22,23,24,25). The molecule has 38 heteroatoms. The number of hydrogen-bond donors (Lipinski definition) is 9. The summed E-state index contributed by atoms with van der Waals surface area (Å²) in [6, 6.07) is 36.2. The molecule has 0 saturated carbocycles. The van der Waals surface area contributed by atoms with E-state index in [1.807, 2.05) is 24.3 Å². The lowest BCUT2D eigenvalue weighted by Crippen LogP contribution is -2.52. The molecule has 6 heterocycles. The molecule has 576 valence electrons. The van der Waals surface area contributed by atoms with Crippen LogP contribution in [0.2, 0.25) is 15.1 Å². The maximum absolute atomic E-state index is 13.0. The second-order valence-electron chi connectivity index (χ2n) is 25.8. The minimum Gasteiger partial charge on any atom is -0.495 e. The van der Waals surface area contributed by atoms with Crippen molar-refractivity contribution in [3.63, 3.8) is 0 Å². The van der Waals surface area contributed by atoms with E-state index in [1.165, 1.54) is 61.4 Å². The van der Waals surface area contributed by atoms with Crippen LogP contribution in [-0.4, -0.2) is 197 Å². The number of nitrogens with one attached hydrogen (secondary N) is 6. The number of sulfonamides is 2. The average molecular weight is 1640 g/mol. The van der Waals surface area contributed by atoms with Crippen molar-refractivity contribution in [3.05, 3.63) is 167 Å². The minimum absolute atomic E-state index is 0.0376. The topological polar surface area (TPSA) is 385 Å². The molecule has 0 amide bonds. The number of piperazine rings is 1. The van der Waals surface area contributed by atoms with Crippen LogP contribution in [-0.2, 0) is 45.0 Å². The van der Waals surface area contributed by atoms with Crippen LogP contribution in [0.1, 0.15) is 18.4 Å². The summed E-state index contributed by atoms with van der Waals surface area (Å²) in [6.45, 7) is 14.8. The number of rotatable bonds is 24. The molecule has 3 saturated heterocycles. The fourth-order valence-electron chi connectivity index (χ4n) is 11.8. The van der Waals surface area contributed by atoms with Crippen molar-refractivity contribution in [2.75, 3.05) is 157 Å². The van der Waals surface area contributed by atoms with Gasteiger partial charge in [-0.1, -0.05) is 77.3 Å². The van der Waals surface area contributed by atoms with Crippen LogP contribution in [0.4, 0.5) is 69.4 Å². The van der Waals surface area contributed by atoms with E-state index in [9.17, 15) is 40.3 Å². The molecule has 6 aromatic carbocycles. The van der Waals surface area contributed by atoms with E-state index >= 15 is 0 Å². The smallest absolute Gasteiger partial charge is 0.356 e. The number of benzene rings is 6. The van der Waals surface area contributed by atoms with E-state index in [4.69, 9.17) is 58.9 Å². The largest absolute Gasteiger partial charge is 0.495 e. The fourth-order valence-corrected chi connectivity index (χ4v) is 17.2. The van der Waals surface area contributed by atoms with Gasteiger partial charge >= 0.3 is 7.60 Å². The highest BCUT2D eigenvalue weighted by atomic mass is 35.5. The molecule has 3 fully saturated rings. The number of nitrogens with zero attached hydrogens (tertiary/aromatic N) is 10. The Kier molecular flexibility index (Phi) is 27.5. The summed E-state index contributed by atoms with van der Waals surface area (Å²) in [5.41, 5.74) is 4.16. The summed E-state index contributed by atoms with van der Waals surface area (Å²) in [4.78, 5) is 52.7. The highest BCUT2D eigenvalue weighted by molar-refractivity contribution is 7.89. The summed E-state index contributed by atoms with van der Waals surface area (Å²) >= 11 is 18.8. The van der Waals surface area contributed by atoms with Gasteiger partial charge in [0.05, 0.1) is 91.8 Å². The van der Waals surface area contributed by atoms with E-state index in [0.29, 0.717) is 106 Å². The summed E-state index contributed by atoms with van der Waals surface area (Å²) in [5.74, 6) is 2.97. The number of piperidine rings is 1. The van der Waals surface area contributed by atoms with E-state index in [-0.39, 0.29) is 60.1 Å². The number of aromatic nitrogens is 6. The second-order valence-corrected chi connectivity index (χ2v) is 38.4. The van der Waals surface area contributed by atoms with E-state index in [2.05, 4.69) is 89.6 Å². The summed E-state index contributed by atoms with van der Waals surface area (Å²) in [7, 11) is -10.3. The van der Waals surface area contributed by atoms with Crippen LogP contribution in [0.5, 0.6) is 17.2 Å². The predicted octanol–water partition coefficient (Wildman–Crippen LogP) is 10.9. The van der Waals surface area contributed by atoms with E-state index < -0.39 is 41.9 Å². The molecule has 3 aromatic heterocycles. The van der Waals surface area contributed by atoms with Crippen LogP contribution in [0.15, 0.2) is 156 Å². The van der Waals surface area contributed by atoms with Gasteiger partial charge in [0.1, 0.15) is 51.5 Å². The Morgan fingerprint density at radius 1 is 0.546 bits per heavy atom. The number of methoxy groups -OCH3 is 3. The normalized spacial score (nSPS) is 15.0. The zero-order chi connectivity index (χ0) is 77.7. The van der Waals surface area contributed by atoms with Crippen molar-refractivity contribution in [2.24, 2.45) is 5.14 Å². The van der Waals surface area contributed by atoms with Crippen molar-refractivity contribution in [1.82, 2.24) is 44.0 Å². The monoisotopic (exact) mass is 1630 g/mol. The Balaban J connectivity index is 0.000000175. The molecule has 0 radical (unpaired) electrons. The molecule has 0 spiro atoms. The highest BCUT2D eigenvalue weighted by Crippen LogP contribution is 2.42. The molecule has 3 aliphatic heterocycles. The molecule has 0 bridgehead atoms. The number of morpholine rings is 1. The van der Waals surface area contributed by atoms with Crippen molar-refractivity contribution in [1.29, 1.82) is 0 Å². The number of primary sulfonamides is 1. The Labute approximate surface area is 642 Å². The van der Waals surface area contributed by atoms with Gasteiger partial charge in [0.2, 0.25) is 37.9 Å². The van der Waals surface area contributed by atoms with Crippen LogP contribution in [0.3, 0.4) is 0 Å². The number of anilines is 12. The maximum atomic E-state index is 13.0. The van der Waals surface area contributed by atoms with Gasteiger partial charge in [-0.05, 0) is 125 Å². The van der Waals surface area contributed by atoms with Gasteiger partial charge in [-0.3, -0.25) is 9.46 Å². The van der Waals surface area contributed by atoms with E-state index in [0.717, 1.165) is 57.8 Å². The third-order valence-corrected chi connectivity index (χ3v) is 25.4. The van der Waals surface area contributed by atoms with Gasteiger partial charge in [-0.25, -0.2) is 36.9 Å². The lowest BCUT2D eigenvalue weighted by molar-refractivity contribution is 0.0730. The molecule has 9 aromatic rings. The van der Waals surface area contributed by atoms with Gasteiger partial charge in [-0.15, -0.1) is 0 Å². The first kappa shape index (κ1) is 82.2. The molecule has 10 N–H and O–H groups in total. The van der Waals surface area contributed by atoms with Crippen LogP contribution in [0.25, 0.3) is 0 Å². The first-order valence-electron chi connectivity index (χ1n) is 33.7. The predicted molar refractivity (Wildman–Crippen MR) is 428 cm³/mol. The number of nitrogens with two attached hydrogens (primary N) is 1. The molecule has 3 aliphatic rings. The first-order chi connectivity index (χ1) is 51.3. The van der Waals surface area contributed by atoms with Gasteiger partial charge in [-0.2, -0.15) is 19.3 Å². The third-order valence-electron chi connectivity index (χ3n) is 17.6. The summed E-state index contributed by atoms with van der Waals surface area (Å²) in [5, 5.41) is 25.7. The number of likely N-dealkylation sites (N-methyl/N-ethyl adjacent to an activating group) is 1. The van der Waals surface area contributed by atoms with Gasteiger partial charge in [0, 0.05) is 93.4 Å². The third kappa shape index (κ3) is 21.6. The minimum atomic E-state index is -4.42. The zero-order valence-corrected chi connectivity index (χ0v) is 66.9. The zero-order valence-electron chi connectivity index (χ0n) is 60.4. The van der Waals surface area contributed by atoms with Gasteiger partial charge in [0.15, 0.2) is 17.5 Å². The molecule has 0 atom stereocenters. The summed E-state index contributed by atoms with van der Waals surface area (Å²) in [6.07, 6.45) is 6.58. The van der Waals surface area contributed by atoms with Crippen molar-refractivity contribution in [3.8, 4) is 17.2 Å². The van der Waals surface area contributed by atoms with Gasteiger partial charge in [0.25, 0.3) is 0 Å². The van der Waals surface area contributed by atoms with Crippen molar-refractivity contribution in [2.45, 2.75) is 35.2 Å². The summed E-state index contributed by atoms with van der Waals surface area (Å²) < 4.78 is 110. The van der Waals surface area contributed by atoms with E-state index in [1.54, 1.807) is 107 Å². The average Bonchev–Trinajstić information content (AvgIpc) is 0.783.